The number of nitrogens with zero attached hydrogens (tertiary/aromatic N) is 4. The van der Waals surface area contributed by atoms with Crippen molar-refractivity contribution in [1.29, 1.82) is 0 Å². The van der Waals surface area contributed by atoms with Crippen molar-refractivity contribution in [2.45, 2.75) is 13.2 Å². The van der Waals surface area contributed by atoms with Crippen LogP contribution >= 0.6 is 11.6 Å². The highest BCUT2D eigenvalue weighted by Gasteiger charge is 2.19. The van der Waals surface area contributed by atoms with Gasteiger partial charge in [0.25, 0.3) is 0 Å². The molecule has 28 heavy (non-hydrogen) atoms. The molecule has 0 unspecified atom stereocenters. The van der Waals surface area contributed by atoms with Crippen LogP contribution in [0.3, 0.4) is 0 Å². The lowest BCUT2D eigenvalue weighted by molar-refractivity contribution is 0.214. The van der Waals surface area contributed by atoms with Gasteiger partial charge in [-0.25, -0.2) is 4.39 Å². The van der Waals surface area contributed by atoms with Crippen molar-refractivity contribution in [2.75, 3.05) is 31.1 Å². The Morgan fingerprint density at radius 2 is 1.86 bits per heavy atom. The molecule has 4 rings (SSSR count). The smallest absolute Gasteiger partial charge is 0.240 e. The Bertz CT molecular complexity index is 911. The van der Waals surface area contributed by atoms with Gasteiger partial charge in [-0.2, -0.15) is 4.98 Å². The Balaban J connectivity index is 1.26. The molecule has 1 saturated heterocycles. The lowest BCUT2D eigenvalue weighted by Gasteiger charge is -2.35. The average Bonchev–Trinajstić information content (AvgIpc) is 3.15. The highest BCUT2D eigenvalue weighted by Crippen LogP contribution is 2.21. The summed E-state index contributed by atoms with van der Waals surface area (Å²) in [4.78, 5) is 8.97. The van der Waals surface area contributed by atoms with E-state index >= 15 is 0 Å². The molecule has 146 valence electrons. The molecule has 0 spiro atoms. The van der Waals surface area contributed by atoms with Crippen molar-refractivity contribution in [3.63, 3.8) is 0 Å². The van der Waals surface area contributed by atoms with Crippen LogP contribution in [0.4, 0.5) is 10.1 Å². The second kappa shape index (κ2) is 8.58. The van der Waals surface area contributed by atoms with E-state index in [9.17, 15) is 4.39 Å². The van der Waals surface area contributed by atoms with Crippen LogP contribution in [0, 0.1) is 5.82 Å². The molecule has 0 saturated carbocycles. The van der Waals surface area contributed by atoms with Gasteiger partial charge in [-0.05, 0) is 42.5 Å². The second-order valence-electron chi connectivity index (χ2n) is 6.59. The zero-order valence-corrected chi connectivity index (χ0v) is 16.0. The summed E-state index contributed by atoms with van der Waals surface area (Å²) in [7, 11) is 0. The fourth-order valence-corrected chi connectivity index (χ4v) is 3.30. The lowest BCUT2D eigenvalue weighted by atomic mass is 10.2. The first kappa shape index (κ1) is 18.7. The fraction of sp³-hybridized carbons (Fsp3) is 0.300. The summed E-state index contributed by atoms with van der Waals surface area (Å²) in [6.07, 6.45) is 0. The Labute approximate surface area is 167 Å². The minimum absolute atomic E-state index is 0.178. The minimum Gasteiger partial charge on any atom is -0.485 e. The van der Waals surface area contributed by atoms with Crippen LogP contribution in [-0.4, -0.2) is 41.2 Å². The first-order valence-electron chi connectivity index (χ1n) is 9.08. The molecule has 1 aromatic heterocycles. The molecule has 0 aliphatic carbocycles. The standard InChI is InChI=1S/C20H20ClFN4O2/c21-15-2-1-3-17(12-15)26-10-8-25(9-11-26)13-20-23-19(24-28-20)14-27-18-6-4-16(22)5-7-18/h1-7,12H,8-11,13-14H2. The van der Waals surface area contributed by atoms with Crippen LogP contribution in [0.25, 0.3) is 0 Å². The van der Waals surface area contributed by atoms with E-state index < -0.39 is 0 Å². The van der Waals surface area contributed by atoms with E-state index in [2.05, 4.69) is 26.0 Å². The molecule has 1 aliphatic rings. The van der Waals surface area contributed by atoms with Crippen molar-refractivity contribution < 1.29 is 13.7 Å². The SMILES string of the molecule is Fc1ccc(OCc2noc(CN3CCN(c4cccc(Cl)c4)CC3)n2)cc1. The first-order chi connectivity index (χ1) is 13.7. The van der Waals surface area contributed by atoms with E-state index in [4.69, 9.17) is 20.9 Å². The maximum Gasteiger partial charge on any atom is 0.240 e. The monoisotopic (exact) mass is 402 g/mol. The van der Waals surface area contributed by atoms with Gasteiger partial charge in [0, 0.05) is 36.9 Å². The largest absolute Gasteiger partial charge is 0.485 e. The molecule has 2 aromatic carbocycles. The summed E-state index contributed by atoms with van der Waals surface area (Å²) in [5.41, 5.74) is 1.14. The van der Waals surface area contributed by atoms with E-state index in [1.807, 2.05) is 18.2 Å². The Hall–Kier alpha value is -2.64. The predicted octanol–water partition coefficient (Wildman–Crippen LogP) is 3.76. The maximum atomic E-state index is 12.9. The molecule has 2 heterocycles. The molecule has 0 radical (unpaired) electrons. The number of benzene rings is 2. The molecular formula is C20H20ClFN4O2. The van der Waals surface area contributed by atoms with Gasteiger partial charge in [0.05, 0.1) is 6.54 Å². The zero-order valence-electron chi connectivity index (χ0n) is 15.2. The van der Waals surface area contributed by atoms with Crippen molar-refractivity contribution in [3.05, 3.63) is 71.1 Å². The molecule has 1 fully saturated rings. The Morgan fingerprint density at radius 1 is 1.07 bits per heavy atom. The number of ether oxygens (including phenoxy) is 1. The van der Waals surface area contributed by atoms with E-state index in [0.29, 0.717) is 24.0 Å². The molecule has 0 bridgehead atoms. The molecular weight excluding hydrogens is 383 g/mol. The van der Waals surface area contributed by atoms with Crippen LogP contribution in [0.2, 0.25) is 5.02 Å². The number of aromatic nitrogens is 2. The Kier molecular flexibility index (Phi) is 5.73. The van der Waals surface area contributed by atoms with Gasteiger partial charge >= 0.3 is 0 Å². The summed E-state index contributed by atoms with van der Waals surface area (Å²) < 4.78 is 23.8. The normalized spacial score (nSPS) is 15.0. The number of piperazine rings is 1. The third kappa shape index (κ3) is 4.79. The molecule has 1 aliphatic heterocycles. The zero-order chi connectivity index (χ0) is 19.3. The number of halogens is 2. The summed E-state index contributed by atoms with van der Waals surface area (Å²) in [5, 5.41) is 4.70. The highest BCUT2D eigenvalue weighted by molar-refractivity contribution is 6.30. The molecule has 0 atom stereocenters. The van der Waals surface area contributed by atoms with Crippen LogP contribution in [0.5, 0.6) is 5.75 Å². The van der Waals surface area contributed by atoms with Gasteiger partial charge in [0.15, 0.2) is 6.61 Å². The predicted molar refractivity (Wildman–Crippen MR) is 104 cm³/mol. The van der Waals surface area contributed by atoms with Gasteiger partial charge in [-0.3, -0.25) is 4.90 Å². The van der Waals surface area contributed by atoms with E-state index in [1.54, 1.807) is 12.1 Å². The summed E-state index contributed by atoms with van der Waals surface area (Å²) in [5.74, 6) is 1.29. The second-order valence-corrected chi connectivity index (χ2v) is 7.03. The summed E-state index contributed by atoms with van der Waals surface area (Å²) in [6, 6.07) is 13.7. The van der Waals surface area contributed by atoms with E-state index in [0.717, 1.165) is 36.9 Å². The van der Waals surface area contributed by atoms with Crippen LogP contribution in [0.1, 0.15) is 11.7 Å². The van der Waals surface area contributed by atoms with E-state index in [-0.39, 0.29) is 12.4 Å². The van der Waals surface area contributed by atoms with Gasteiger partial charge in [0.1, 0.15) is 11.6 Å². The van der Waals surface area contributed by atoms with Crippen molar-refractivity contribution in [2.24, 2.45) is 0 Å². The third-order valence-electron chi connectivity index (χ3n) is 4.60. The molecule has 6 nitrogen and oxygen atoms in total. The van der Waals surface area contributed by atoms with Crippen LogP contribution in [-0.2, 0) is 13.2 Å². The lowest BCUT2D eigenvalue weighted by Crippen LogP contribution is -2.46. The van der Waals surface area contributed by atoms with Crippen molar-refractivity contribution in [3.8, 4) is 5.75 Å². The number of anilines is 1. The fourth-order valence-electron chi connectivity index (χ4n) is 3.12. The van der Waals surface area contributed by atoms with Gasteiger partial charge in [-0.15, -0.1) is 0 Å². The van der Waals surface area contributed by atoms with Crippen molar-refractivity contribution in [1.82, 2.24) is 15.0 Å². The highest BCUT2D eigenvalue weighted by atomic mass is 35.5. The minimum atomic E-state index is -0.301. The van der Waals surface area contributed by atoms with Gasteiger partial charge in [-0.1, -0.05) is 22.8 Å². The van der Waals surface area contributed by atoms with Crippen molar-refractivity contribution >= 4 is 17.3 Å². The quantitative estimate of drug-likeness (QED) is 0.625. The third-order valence-corrected chi connectivity index (χ3v) is 4.83. The first-order valence-corrected chi connectivity index (χ1v) is 9.46. The summed E-state index contributed by atoms with van der Waals surface area (Å²) in [6.45, 7) is 4.40. The van der Waals surface area contributed by atoms with E-state index in [1.165, 1.54) is 12.1 Å². The molecule has 0 N–H and O–H groups in total. The van der Waals surface area contributed by atoms with Crippen LogP contribution in [0.15, 0.2) is 53.1 Å². The molecule has 0 amide bonds. The molecule has 3 aromatic rings. The maximum absolute atomic E-state index is 12.9. The van der Waals surface area contributed by atoms with Crippen LogP contribution < -0.4 is 9.64 Å². The number of hydrogen-bond donors (Lipinski definition) is 0. The number of hydrogen-bond acceptors (Lipinski definition) is 6. The summed E-state index contributed by atoms with van der Waals surface area (Å²) >= 11 is 6.08. The van der Waals surface area contributed by atoms with Gasteiger partial charge < -0.3 is 14.2 Å². The molecule has 8 heteroatoms. The Morgan fingerprint density at radius 3 is 2.61 bits per heavy atom. The number of rotatable bonds is 6. The van der Waals surface area contributed by atoms with Gasteiger partial charge in [0.2, 0.25) is 11.7 Å². The topological polar surface area (TPSA) is 54.6 Å². The average molecular weight is 403 g/mol.